The molecule has 1 amide bonds. The Labute approximate surface area is 115 Å². The van der Waals surface area contributed by atoms with Crippen molar-refractivity contribution >= 4 is 28.2 Å². The van der Waals surface area contributed by atoms with Crippen molar-refractivity contribution in [2.45, 2.75) is 13.0 Å². The predicted molar refractivity (Wildman–Crippen MR) is 71.1 cm³/mol. The van der Waals surface area contributed by atoms with Gasteiger partial charge in [-0.1, -0.05) is 0 Å². The zero-order chi connectivity index (χ0) is 14.0. The molecule has 0 atom stereocenters. The first-order chi connectivity index (χ1) is 9.08. The van der Waals surface area contributed by atoms with Gasteiger partial charge < -0.3 is 20.1 Å². The number of methoxy groups -OCH3 is 2. The molecule has 2 rings (SSSR count). The van der Waals surface area contributed by atoms with E-state index >= 15 is 0 Å². The van der Waals surface area contributed by atoms with E-state index in [0.717, 1.165) is 10.4 Å². The van der Waals surface area contributed by atoms with Crippen LogP contribution in [0.15, 0.2) is 0 Å². The van der Waals surface area contributed by atoms with Crippen molar-refractivity contribution in [1.82, 2.24) is 4.90 Å². The Morgan fingerprint density at radius 3 is 2.79 bits per heavy atom. The molecule has 0 saturated heterocycles. The van der Waals surface area contributed by atoms with Crippen molar-refractivity contribution in [3.8, 4) is 0 Å². The molecule has 2 heterocycles. The summed E-state index contributed by atoms with van der Waals surface area (Å²) in [6.07, 6.45) is 0.614. The Hall–Kier alpha value is -1.60. The highest BCUT2D eigenvalue weighted by atomic mass is 32.1. The Morgan fingerprint density at radius 2 is 2.16 bits per heavy atom. The van der Waals surface area contributed by atoms with Gasteiger partial charge in [0.15, 0.2) is 0 Å². The lowest BCUT2D eigenvalue weighted by Crippen LogP contribution is -2.37. The molecule has 0 saturated carbocycles. The number of amides is 1. The number of hydrogen-bond donors (Lipinski definition) is 1. The molecule has 0 radical (unpaired) electrons. The minimum Gasteiger partial charge on any atom is -0.465 e. The highest BCUT2D eigenvalue weighted by Gasteiger charge is 2.29. The van der Waals surface area contributed by atoms with Crippen molar-refractivity contribution < 1.29 is 19.1 Å². The number of nitrogens with two attached hydrogens (primary N) is 1. The van der Waals surface area contributed by atoms with Gasteiger partial charge in [-0.2, -0.15) is 0 Å². The molecular weight excluding hydrogens is 268 g/mol. The van der Waals surface area contributed by atoms with E-state index in [1.807, 2.05) is 0 Å². The molecule has 104 valence electrons. The van der Waals surface area contributed by atoms with Crippen LogP contribution in [0.4, 0.5) is 5.00 Å². The number of ether oxygens (including phenoxy) is 2. The molecule has 0 aliphatic carbocycles. The summed E-state index contributed by atoms with van der Waals surface area (Å²) in [7, 11) is 2.83. The van der Waals surface area contributed by atoms with Crippen LogP contribution in [0.1, 0.15) is 20.8 Å². The minimum absolute atomic E-state index is 0.0558. The third-order valence-electron chi connectivity index (χ3n) is 3.09. The number of carbonyl (C=O) groups is 2. The quantitative estimate of drug-likeness (QED) is 0.824. The van der Waals surface area contributed by atoms with Gasteiger partial charge in [0.2, 0.25) is 5.91 Å². The van der Waals surface area contributed by atoms with E-state index in [9.17, 15) is 9.59 Å². The number of esters is 1. The van der Waals surface area contributed by atoms with Crippen LogP contribution < -0.4 is 5.73 Å². The monoisotopic (exact) mass is 284 g/mol. The van der Waals surface area contributed by atoms with Gasteiger partial charge in [0.05, 0.1) is 19.2 Å². The van der Waals surface area contributed by atoms with Crippen LogP contribution in [-0.2, 0) is 27.2 Å². The fraction of sp³-hybridized carbons (Fsp3) is 0.500. The fourth-order valence-corrected chi connectivity index (χ4v) is 3.30. The molecule has 7 heteroatoms. The predicted octanol–water partition coefficient (Wildman–Crippen LogP) is 0.648. The van der Waals surface area contributed by atoms with Crippen LogP contribution >= 0.6 is 11.3 Å². The van der Waals surface area contributed by atoms with Crippen LogP contribution in [0.2, 0.25) is 0 Å². The summed E-state index contributed by atoms with van der Waals surface area (Å²) in [5, 5.41) is 0.456. The lowest BCUT2D eigenvalue weighted by molar-refractivity contribution is -0.136. The molecule has 0 fully saturated rings. The lowest BCUT2D eigenvalue weighted by atomic mass is 10.0. The van der Waals surface area contributed by atoms with E-state index < -0.39 is 5.97 Å². The molecule has 6 nitrogen and oxygen atoms in total. The second-order valence-electron chi connectivity index (χ2n) is 4.23. The molecule has 1 aromatic heterocycles. The molecule has 1 aliphatic heterocycles. The van der Waals surface area contributed by atoms with Crippen molar-refractivity contribution in [1.29, 1.82) is 0 Å². The zero-order valence-electron chi connectivity index (χ0n) is 10.9. The number of nitrogens with zero attached hydrogens (tertiary/aromatic N) is 1. The van der Waals surface area contributed by atoms with E-state index in [1.54, 1.807) is 4.90 Å². The Balaban J connectivity index is 2.23. The minimum atomic E-state index is -0.410. The normalized spacial score (nSPS) is 14.1. The third-order valence-corrected chi connectivity index (χ3v) is 4.14. The number of anilines is 1. The maximum Gasteiger partial charge on any atom is 0.341 e. The maximum absolute atomic E-state index is 11.8. The number of rotatable bonds is 3. The molecule has 1 aliphatic rings. The van der Waals surface area contributed by atoms with Gasteiger partial charge in [-0.3, -0.25) is 4.79 Å². The number of carbonyl (C=O) groups excluding carboxylic acids is 2. The van der Waals surface area contributed by atoms with Gasteiger partial charge in [0.1, 0.15) is 11.6 Å². The van der Waals surface area contributed by atoms with Gasteiger partial charge in [-0.25, -0.2) is 4.79 Å². The molecule has 1 aromatic rings. The first-order valence-corrected chi connectivity index (χ1v) is 6.65. The molecule has 19 heavy (non-hydrogen) atoms. The lowest BCUT2D eigenvalue weighted by Gasteiger charge is -2.26. The second kappa shape index (κ2) is 5.58. The summed E-state index contributed by atoms with van der Waals surface area (Å²) in [5.74, 6) is -0.466. The van der Waals surface area contributed by atoms with Crippen molar-refractivity contribution in [3.63, 3.8) is 0 Å². The van der Waals surface area contributed by atoms with Crippen molar-refractivity contribution in [3.05, 3.63) is 16.0 Å². The maximum atomic E-state index is 11.8. The van der Waals surface area contributed by atoms with Crippen molar-refractivity contribution in [2.24, 2.45) is 0 Å². The van der Waals surface area contributed by atoms with Gasteiger partial charge in [0.25, 0.3) is 0 Å². The zero-order valence-corrected chi connectivity index (χ0v) is 11.7. The highest BCUT2D eigenvalue weighted by Crippen LogP contribution is 2.35. The molecular formula is C12H16N2O4S. The summed E-state index contributed by atoms with van der Waals surface area (Å²) < 4.78 is 9.58. The standard InChI is InChI=1S/C12H16N2O4S/c1-17-6-9(15)14-4-3-7-8(5-14)19-11(13)10(7)12(16)18-2/h3-6,13H2,1-2H3. The Kier molecular flexibility index (Phi) is 4.06. The molecule has 0 spiro atoms. The fourth-order valence-electron chi connectivity index (χ4n) is 2.18. The average Bonchev–Trinajstić information content (AvgIpc) is 2.73. The topological polar surface area (TPSA) is 81.9 Å². The smallest absolute Gasteiger partial charge is 0.341 e. The Bertz CT molecular complexity index is 512. The summed E-state index contributed by atoms with van der Waals surface area (Å²) in [4.78, 5) is 26.1. The molecule has 0 bridgehead atoms. The SMILES string of the molecule is COCC(=O)N1CCc2c(sc(N)c2C(=O)OC)C1. The van der Waals surface area contributed by atoms with Crippen LogP contribution in [0.25, 0.3) is 0 Å². The van der Waals surface area contributed by atoms with Gasteiger partial charge in [-0.15, -0.1) is 11.3 Å². The third kappa shape index (κ3) is 2.57. The largest absolute Gasteiger partial charge is 0.465 e. The first-order valence-electron chi connectivity index (χ1n) is 5.83. The molecule has 2 N–H and O–H groups in total. The molecule has 0 aromatic carbocycles. The van der Waals surface area contributed by atoms with E-state index in [0.29, 0.717) is 30.1 Å². The number of nitrogen functional groups attached to an aromatic ring is 1. The van der Waals surface area contributed by atoms with Crippen LogP contribution in [0, 0.1) is 0 Å². The van der Waals surface area contributed by atoms with Crippen molar-refractivity contribution in [2.75, 3.05) is 33.1 Å². The number of hydrogen-bond acceptors (Lipinski definition) is 6. The van der Waals surface area contributed by atoms with E-state index in [-0.39, 0.29) is 12.5 Å². The summed E-state index contributed by atoms with van der Waals surface area (Å²) in [6, 6.07) is 0. The Morgan fingerprint density at radius 1 is 1.42 bits per heavy atom. The average molecular weight is 284 g/mol. The van der Waals surface area contributed by atoms with Crippen LogP contribution in [-0.4, -0.2) is 44.1 Å². The first kappa shape index (κ1) is 13.8. The van der Waals surface area contributed by atoms with Crippen LogP contribution in [0.5, 0.6) is 0 Å². The van der Waals surface area contributed by atoms with Gasteiger partial charge in [0, 0.05) is 18.5 Å². The second-order valence-corrected chi connectivity index (χ2v) is 5.37. The van der Waals surface area contributed by atoms with Crippen LogP contribution in [0.3, 0.4) is 0 Å². The van der Waals surface area contributed by atoms with E-state index in [1.165, 1.54) is 25.6 Å². The summed E-state index contributed by atoms with van der Waals surface area (Å²) >= 11 is 1.34. The summed E-state index contributed by atoms with van der Waals surface area (Å²) in [6.45, 7) is 1.11. The van der Waals surface area contributed by atoms with E-state index in [2.05, 4.69) is 0 Å². The highest BCUT2D eigenvalue weighted by molar-refractivity contribution is 7.16. The van der Waals surface area contributed by atoms with Gasteiger partial charge >= 0.3 is 5.97 Å². The van der Waals surface area contributed by atoms with E-state index in [4.69, 9.17) is 15.2 Å². The number of fused-ring (bicyclic) bond motifs is 1. The van der Waals surface area contributed by atoms with Gasteiger partial charge in [-0.05, 0) is 12.0 Å². The number of thiophene rings is 1. The summed E-state index contributed by atoms with van der Waals surface area (Å²) in [5.41, 5.74) is 7.24. The molecule has 0 unspecified atom stereocenters.